The fourth-order valence-electron chi connectivity index (χ4n) is 1.70. The standard InChI is InChI=1S/C14H12N2O4S/c1-20-14-6-5-11(8-13(14)17)16-21(18,19)12-4-2-3-10(7-12)9-15/h2-8,16-17H,1H3. The fraction of sp³-hybridized carbons (Fsp3) is 0.0714. The Labute approximate surface area is 122 Å². The van der Waals surface area contributed by atoms with Crippen molar-refractivity contribution in [3.8, 4) is 17.6 Å². The molecule has 0 aliphatic rings. The lowest BCUT2D eigenvalue weighted by atomic mass is 10.2. The van der Waals surface area contributed by atoms with E-state index < -0.39 is 10.0 Å². The Balaban J connectivity index is 2.33. The van der Waals surface area contributed by atoms with Gasteiger partial charge in [0.05, 0.1) is 29.3 Å². The molecule has 0 fully saturated rings. The maximum Gasteiger partial charge on any atom is 0.261 e. The summed E-state index contributed by atoms with van der Waals surface area (Å²) in [5.41, 5.74) is 0.436. The number of phenolic OH excluding ortho intramolecular Hbond substituents is 1. The zero-order valence-corrected chi connectivity index (χ0v) is 11.9. The zero-order chi connectivity index (χ0) is 15.5. The van der Waals surface area contributed by atoms with Crippen molar-refractivity contribution < 1.29 is 18.3 Å². The van der Waals surface area contributed by atoms with Gasteiger partial charge in [-0.25, -0.2) is 8.42 Å². The lowest BCUT2D eigenvalue weighted by Gasteiger charge is -2.10. The Hall–Kier alpha value is -2.72. The number of anilines is 1. The van der Waals surface area contributed by atoms with Gasteiger partial charge in [-0.1, -0.05) is 6.07 Å². The van der Waals surface area contributed by atoms with Crippen LogP contribution < -0.4 is 9.46 Å². The maximum atomic E-state index is 12.2. The summed E-state index contributed by atoms with van der Waals surface area (Å²) in [5.74, 6) is 0.0629. The van der Waals surface area contributed by atoms with Crippen LogP contribution in [-0.2, 0) is 10.0 Å². The van der Waals surface area contributed by atoms with Crippen molar-refractivity contribution in [1.82, 2.24) is 0 Å². The summed E-state index contributed by atoms with van der Waals surface area (Å²) < 4.78 is 31.6. The van der Waals surface area contributed by atoms with Crippen LogP contribution in [0.25, 0.3) is 0 Å². The molecule has 2 rings (SSSR count). The number of benzene rings is 2. The molecule has 0 aromatic heterocycles. The summed E-state index contributed by atoms with van der Waals surface area (Å²) in [6.07, 6.45) is 0. The third-order valence-electron chi connectivity index (χ3n) is 2.70. The number of hydrogen-bond donors (Lipinski definition) is 2. The van der Waals surface area contributed by atoms with E-state index >= 15 is 0 Å². The van der Waals surface area contributed by atoms with Crippen LogP contribution in [-0.4, -0.2) is 20.6 Å². The molecular weight excluding hydrogens is 292 g/mol. The molecule has 108 valence electrons. The molecule has 0 saturated heterocycles. The lowest BCUT2D eigenvalue weighted by molar-refractivity contribution is 0.373. The molecule has 21 heavy (non-hydrogen) atoms. The highest BCUT2D eigenvalue weighted by Crippen LogP contribution is 2.29. The average Bonchev–Trinajstić information content (AvgIpc) is 2.47. The number of sulfonamides is 1. The second-order valence-electron chi connectivity index (χ2n) is 4.13. The molecule has 6 nitrogen and oxygen atoms in total. The first kappa shape index (κ1) is 14.7. The topological polar surface area (TPSA) is 99.4 Å². The third-order valence-corrected chi connectivity index (χ3v) is 4.08. The smallest absolute Gasteiger partial charge is 0.261 e. The normalized spacial score (nSPS) is 10.7. The van der Waals surface area contributed by atoms with E-state index in [9.17, 15) is 13.5 Å². The van der Waals surface area contributed by atoms with E-state index in [0.29, 0.717) is 0 Å². The molecule has 7 heteroatoms. The average molecular weight is 304 g/mol. The second-order valence-corrected chi connectivity index (χ2v) is 5.81. The summed E-state index contributed by atoms with van der Waals surface area (Å²) in [7, 11) is -2.44. The number of ether oxygens (including phenoxy) is 1. The van der Waals surface area contributed by atoms with Gasteiger partial charge >= 0.3 is 0 Å². The van der Waals surface area contributed by atoms with Gasteiger partial charge in [-0.15, -0.1) is 0 Å². The largest absolute Gasteiger partial charge is 0.504 e. The van der Waals surface area contributed by atoms with E-state index in [1.807, 2.05) is 6.07 Å². The predicted molar refractivity (Wildman–Crippen MR) is 76.6 cm³/mol. The quantitative estimate of drug-likeness (QED) is 0.900. The molecule has 0 aliphatic heterocycles. The summed E-state index contributed by atoms with van der Waals surface area (Å²) in [6.45, 7) is 0. The summed E-state index contributed by atoms with van der Waals surface area (Å²) in [6, 6.07) is 11.7. The minimum atomic E-state index is -3.84. The van der Waals surface area contributed by atoms with E-state index in [1.165, 1.54) is 49.6 Å². The van der Waals surface area contributed by atoms with E-state index in [4.69, 9.17) is 10.00 Å². The summed E-state index contributed by atoms with van der Waals surface area (Å²) >= 11 is 0. The molecule has 2 N–H and O–H groups in total. The molecular formula is C14H12N2O4S. The van der Waals surface area contributed by atoms with Crippen LogP contribution in [0.4, 0.5) is 5.69 Å². The van der Waals surface area contributed by atoms with Gasteiger partial charge in [0.15, 0.2) is 11.5 Å². The summed E-state index contributed by atoms with van der Waals surface area (Å²) in [5, 5.41) is 18.4. The number of nitrogens with zero attached hydrogens (tertiary/aromatic N) is 1. The Bertz CT molecular complexity index is 810. The van der Waals surface area contributed by atoms with Crippen LogP contribution >= 0.6 is 0 Å². The lowest BCUT2D eigenvalue weighted by Crippen LogP contribution is -2.13. The highest BCUT2D eigenvalue weighted by Gasteiger charge is 2.15. The molecule has 0 bridgehead atoms. The van der Waals surface area contributed by atoms with E-state index in [1.54, 1.807) is 0 Å². The monoisotopic (exact) mass is 304 g/mol. The van der Waals surface area contributed by atoms with Gasteiger partial charge in [-0.05, 0) is 30.3 Å². The highest BCUT2D eigenvalue weighted by atomic mass is 32.2. The Kier molecular flexibility index (Phi) is 4.00. The van der Waals surface area contributed by atoms with Gasteiger partial charge in [0.25, 0.3) is 10.0 Å². The minimum Gasteiger partial charge on any atom is -0.504 e. The van der Waals surface area contributed by atoms with Crippen LogP contribution in [0.5, 0.6) is 11.5 Å². The van der Waals surface area contributed by atoms with Crippen molar-refractivity contribution in [3.63, 3.8) is 0 Å². The van der Waals surface area contributed by atoms with Gasteiger partial charge in [0.2, 0.25) is 0 Å². The fourth-order valence-corrected chi connectivity index (χ4v) is 2.80. The summed E-state index contributed by atoms with van der Waals surface area (Å²) in [4.78, 5) is -0.0307. The Morgan fingerprint density at radius 1 is 1.24 bits per heavy atom. The van der Waals surface area contributed by atoms with Crippen LogP contribution in [0.15, 0.2) is 47.4 Å². The number of nitrogens with one attached hydrogen (secondary N) is 1. The molecule has 0 heterocycles. The van der Waals surface area contributed by atoms with Crippen molar-refractivity contribution in [3.05, 3.63) is 48.0 Å². The van der Waals surface area contributed by atoms with Gasteiger partial charge in [0.1, 0.15) is 0 Å². The number of nitriles is 1. The maximum absolute atomic E-state index is 12.2. The van der Waals surface area contributed by atoms with Crippen LogP contribution in [0.1, 0.15) is 5.56 Å². The van der Waals surface area contributed by atoms with Gasteiger partial charge in [-0.2, -0.15) is 5.26 Å². The molecule has 0 unspecified atom stereocenters. The number of methoxy groups -OCH3 is 1. The molecule has 0 aliphatic carbocycles. The highest BCUT2D eigenvalue weighted by molar-refractivity contribution is 7.92. The first-order valence-corrected chi connectivity index (χ1v) is 7.34. The van der Waals surface area contributed by atoms with Crippen LogP contribution in [0.3, 0.4) is 0 Å². The van der Waals surface area contributed by atoms with Crippen molar-refractivity contribution >= 4 is 15.7 Å². The molecule has 0 radical (unpaired) electrons. The van der Waals surface area contributed by atoms with Crippen molar-refractivity contribution in [2.24, 2.45) is 0 Å². The van der Waals surface area contributed by atoms with Crippen LogP contribution in [0.2, 0.25) is 0 Å². The number of phenols is 1. The molecule has 2 aromatic carbocycles. The Morgan fingerprint density at radius 2 is 2.00 bits per heavy atom. The number of aromatic hydroxyl groups is 1. The number of rotatable bonds is 4. The third kappa shape index (κ3) is 3.24. The molecule has 0 atom stereocenters. The number of hydrogen-bond acceptors (Lipinski definition) is 5. The molecule has 0 spiro atoms. The van der Waals surface area contributed by atoms with Gasteiger partial charge in [0, 0.05) is 6.07 Å². The van der Waals surface area contributed by atoms with Crippen molar-refractivity contribution in [1.29, 1.82) is 5.26 Å². The molecule has 0 saturated carbocycles. The van der Waals surface area contributed by atoms with E-state index in [0.717, 1.165) is 0 Å². The predicted octanol–water partition coefficient (Wildman–Crippen LogP) is 2.07. The minimum absolute atomic E-state index is 0.0307. The first-order chi connectivity index (χ1) is 9.96. The SMILES string of the molecule is COc1ccc(NS(=O)(=O)c2cccc(C#N)c2)cc1O. The van der Waals surface area contributed by atoms with Gasteiger partial charge < -0.3 is 9.84 Å². The van der Waals surface area contributed by atoms with Crippen LogP contribution in [0, 0.1) is 11.3 Å². The molecule has 2 aromatic rings. The van der Waals surface area contributed by atoms with Crippen molar-refractivity contribution in [2.45, 2.75) is 4.90 Å². The van der Waals surface area contributed by atoms with E-state index in [2.05, 4.69) is 4.72 Å². The van der Waals surface area contributed by atoms with E-state index in [-0.39, 0.29) is 27.6 Å². The molecule has 0 amide bonds. The second kappa shape index (κ2) is 5.73. The van der Waals surface area contributed by atoms with Crippen molar-refractivity contribution in [2.75, 3.05) is 11.8 Å². The Morgan fingerprint density at radius 3 is 2.62 bits per heavy atom. The first-order valence-electron chi connectivity index (χ1n) is 5.86. The zero-order valence-electron chi connectivity index (χ0n) is 11.1. The van der Waals surface area contributed by atoms with Gasteiger partial charge in [-0.3, -0.25) is 4.72 Å².